The molecule has 1 fully saturated rings. The second kappa shape index (κ2) is 4.76. The molecule has 1 aromatic rings. The molecule has 0 amide bonds. The van der Waals surface area contributed by atoms with E-state index < -0.39 is 0 Å². The molecule has 0 aromatic heterocycles. The van der Waals surface area contributed by atoms with Gasteiger partial charge in [-0.25, -0.2) is 0 Å². The van der Waals surface area contributed by atoms with Gasteiger partial charge in [0, 0.05) is 13.1 Å². The van der Waals surface area contributed by atoms with Crippen molar-refractivity contribution in [3.8, 4) is 5.75 Å². The molecule has 88 valence electrons. The lowest BCUT2D eigenvalue weighted by Crippen LogP contribution is -2.23. The summed E-state index contributed by atoms with van der Waals surface area (Å²) in [6.07, 6.45) is 4.02. The Bertz CT molecular complexity index is 374. The number of rotatable bonds is 5. The molecule has 1 aliphatic carbocycles. The molecule has 0 unspecified atom stereocenters. The first-order valence-corrected chi connectivity index (χ1v) is 6.63. The maximum absolute atomic E-state index is 9.38. The number of nitrogens with one attached hydrogen (secondary N) is 1. The van der Waals surface area contributed by atoms with Crippen LogP contribution in [-0.4, -0.2) is 11.7 Å². The summed E-state index contributed by atoms with van der Waals surface area (Å²) in [4.78, 5) is 0. The zero-order valence-corrected chi connectivity index (χ0v) is 11.2. The van der Waals surface area contributed by atoms with E-state index in [1.165, 1.54) is 24.8 Å². The average Bonchev–Trinajstić information content (AvgIpc) is 3.04. The Hall–Kier alpha value is -0.540. The van der Waals surface area contributed by atoms with Gasteiger partial charge in [0.2, 0.25) is 0 Å². The zero-order valence-electron chi connectivity index (χ0n) is 9.59. The molecular formula is C13H18BrNO. The highest BCUT2D eigenvalue weighted by molar-refractivity contribution is 9.10. The van der Waals surface area contributed by atoms with Crippen molar-refractivity contribution >= 4 is 15.9 Å². The van der Waals surface area contributed by atoms with Crippen LogP contribution in [0.4, 0.5) is 0 Å². The van der Waals surface area contributed by atoms with Crippen molar-refractivity contribution < 1.29 is 5.11 Å². The Balaban J connectivity index is 1.83. The monoisotopic (exact) mass is 283 g/mol. The third kappa shape index (κ3) is 2.77. The minimum atomic E-state index is 0.302. The van der Waals surface area contributed by atoms with Crippen LogP contribution in [0.2, 0.25) is 0 Å². The van der Waals surface area contributed by atoms with Gasteiger partial charge in [-0.3, -0.25) is 0 Å². The van der Waals surface area contributed by atoms with Crippen molar-refractivity contribution in [2.75, 3.05) is 6.54 Å². The summed E-state index contributed by atoms with van der Waals surface area (Å²) in [6.45, 7) is 4.26. The van der Waals surface area contributed by atoms with E-state index in [9.17, 15) is 5.11 Å². The quantitative estimate of drug-likeness (QED) is 0.868. The zero-order chi connectivity index (χ0) is 11.6. The number of hydrogen-bond donors (Lipinski definition) is 2. The first-order chi connectivity index (χ1) is 7.65. The fraction of sp³-hybridized carbons (Fsp3) is 0.538. The molecule has 0 radical (unpaired) electrons. The Morgan fingerprint density at radius 2 is 2.19 bits per heavy atom. The summed E-state index contributed by atoms with van der Waals surface area (Å²) >= 11 is 3.33. The fourth-order valence-electron chi connectivity index (χ4n) is 1.96. The van der Waals surface area contributed by atoms with Gasteiger partial charge < -0.3 is 10.4 Å². The van der Waals surface area contributed by atoms with Crippen LogP contribution in [0.3, 0.4) is 0 Å². The summed E-state index contributed by atoms with van der Waals surface area (Å²) in [5.41, 5.74) is 1.80. The van der Waals surface area contributed by atoms with E-state index in [4.69, 9.17) is 0 Å². The second-order valence-corrected chi connectivity index (χ2v) is 5.60. The first kappa shape index (κ1) is 11.9. The minimum absolute atomic E-state index is 0.302. The molecule has 1 saturated carbocycles. The van der Waals surface area contributed by atoms with Crippen LogP contribution in [0.25, 0.3) is 0 Å². The minimum Gasteiger partial charge on any atom is -0.507 e. The molecule has 0 aliphatic heterocycles. The van der Waals surface area contributed by atoms with Gasteiger partial charge in [0.05, 0.1) is 4.47 Å². The van der Waals surface area contributed by atoms with E-state index in [1.54, 1.807) is 6.07 Å². The molecule has 1 aromatic carbocycles. The average molecular weight is 284 g/mol. The van der Waals surface area contributed by atoms with Crippen molar-refractivity contribution in [1.29, 1.82) is 0 Å². The SMILES string of the molecule is CCC1(CNCc2ccc(O)c(Br)c2)CC1. The maximum Gasteiger partial charge on any atom is 0.129 e. The molecular weight excluding hydrogens is 266 g/mol. The molecule has 0 spiro atoms. The summed E-state index contributed by atoms with van der Waals surface area (Å²) in [5.74, 6) is 0.302. The lowest BCUT2D eigenvalue weighted by atomic mass is 10.0. The van der Waals surface area contributed by atoms with Gasteiger partial charge in [0.1, 0.15) is 5.75 Å². The standard InChI is InChI=1S/C13H18BrNO/c1-2-13(5-6-13)9-15-8-10-3-4-12(16)11(14)7-10/h3-4,7,15-16H,2,5-6,8-9H2,1H3. The van der Waals surface area contributed by atoms with E-state index in [1.807, 2.05) is 12.1 Å². The number of phenolic OH excluding ortho intramolecular Hbond substituents is 1. The van der Waals surface area contributed by atoms with Crippen molar-refractivity contribution in [2.24, 2.45) is 5.41 Å². The smallest absolute Gasteiger partial charge is 0.129 e. The van der Waals surface area contributed by atoms with Gasteiger partial charge in [-0.1, -0.05) is 13.0 Å². The molecule has 0 saturated heterocycles. The topological polar surface area (TPSA) is 32.3 Å². The van der Waals surface area contributed by atoms with E-state index >= 15 is 0 Å². The molecule has 3 heteroatoms. The van der Waals surface area contributed by atoms with Crippen LogP contribution in [0.1, 0.15) is 31.7 Å². The van der Waals surface area contributed by atoms with Gasteiger partial charge in [-0.2, -0.15) is 0 Å². The molecule has 2 N–H and O–H groups in total. The van der Waals surface area contributed by atoms with Crippen LogP contribution in [-0.2, 0) is 6.54 Å². The van der Waals surface area contributed by atoms with Gasteiger partial charge >= 0.3 is 0 Å². The molecule has 0 atom stereocenters. The van der Waals surface area contributed by atoms with Crippen LogP contribution in [0, 0.1) is 5.41 Å². The molecule has 2 rings (SSSR count). The summed E-state index contributed by atoms with van der Waals surface area (Å²) in [7, 11) is 0. The highest BCUT2D eigenvalue weighted by Crippen LogP contribution is 2.47. The number of halogens is 1. The lowest BCUT2D eigenvalue weighted by molar-refractivity contribution is 0.443. The number of benzene rings is 1. The Labute approximate surface area is 105 Å². The van der Waals surface area contributed by atoms with Crippen molar-refractivity contribution in [2.45, 2.75) is 32.7 Å². The predicted octanol–water partition coefficient (Wildman–Crippen LogP) is 3.43. The first-order valence-electron chi connectivity index (χ1n) is 5.83. The Morgan fingerprint density at radius 3 is 2.75 bits per heavy atom. The van der Waals surface area contributed by atoms with Gasteiger partial charge in [0.25, 0.3) is 0 Å². The Kier molecular flexibility index (Phi) is 3.55. The highest BCUT2D eigenvalue weighted by atomic mass is 79.9. The fourth-order valence-corrected chi connectivity index (χ4v) is 2.39. The Morgan fingerprint density at radius 1 is 1.44 bits per heavy atom. The third-order valence-electron chi connectivity index (χ3n) is 3.55. The second-order valence-electron chi connectivity index (χ2n) is 4.74. The van der Waals surface area contributed by atoms with Crippen molar-refractivity contribution in [3.05, 3.63) is 28.2 Å². The molecule has 16 heavy (non-hydrogen) atoms. The number of hydrogen-bond acceptors (Lipinski definition) is 2. The van der Waals surface area contributed by atoms with E-state index in [-0.39, 0.29) is 0 Å². The van der Waals surface area contributed by atoms with E-state index in [0.29, 0.717) is 11.2 Å². The summed E-state index contributed by atoms with van der Waals surface area (Å²) in [6, 6.07) is 5.65. The van der Waals surface area contributed by atoms with E-state index in [2.05, 4.69) is 28.2 Å². The van der Waals surface area contributed by atoms with Gasteiger partial charge in [-0.05, 0) is 58.3 Å². The normalized spacial score (nSPS) is 17.4. The summed E-state index contributed by atoms with van der Waals surface area (Å²) < 4.78 is 0.767. The summed E-state index contributed by atoms with van der Waals surface area (Å²) in [5, 5.41) is 12.9. The molecule has 0 heterocycles. The number of aromatic hydroxyl groups is 1. The molecule has 1 aliphatic rings. The van der Waals surface area contributed by atoms with E-state index in [0.717, 1.165) is 17.6 Å². The lowest BCUT2D eigenvalue weighted by Gasteiger charge is -2.13. The van der Waals surface area contributed by atoms with Crippen molar-refractivity contribution in [1.82, 2.24) is 5.32 Å². The highest BCUT2D eigenvalue weighted by Gasteiger charge is 2.39. The third-order valence-corrected chi connectivity index (χ3v) is 4.18. The van der Waals surface area contributed by atoms with Crippen molar-refractivity contribution in [3.63, 3.8) is 0 Å². The van der Waals surface area contributed by atoms with Crippen LogP contribution >= 0.6 is 15.9 Å². The molecule has 2 nitrogen and oxygen atoms in total. The van der Waals surface area contributed by atoms with Gasteiger partial charge in [0.15, 0.2) is 0 Å². The van der Waals surface area contributed by atoms with Crippen LogP contribution in [0.5, 0.6) is 5.75 Å². The number of phenols is 1. The molecule has 0 bridgehead atoms. The maximum atomic E-state index is 9.38. The van der Waals surface area contributed by atoms with Crippen LogP contribution in [0.15, 0.2) is 22.7 Å². The van der Waals surface area contributed by atoms with Crippen LogP contribution < -0.4 is 5.32 Å². The van der Waals surface area contributed by atoms with Gasteiger partial charge in [-0.15, -0.1) is 0 Å². The largest absolute Gasteiger partial charge is 0.507 e. The predicted molar refractivity (Wildman–Crippen MR) is 69.5 cm³/mol.